The minimum atomic E-state index is 0. The summed E-state index contributed by atoms with van der Waals surface area (Å²) in [5, 5.41) is 0. The van der Waals surface area contributed by atoms with Crippen molar-refractivity contribution in [3.8, 4) is 0 Å². The molecule has 2 nitrogen and oxygen atoms in total. The second-order valence-electron chi connectivity index (χ2n) is 1.65. The van der Waals surface area contributed by atoms with E-state index in [0.29, 0.717) is 0 Å². The van der Waals surface area contributed by atoms with Crippen LogP contribution in [0.15, 0.2) is 30.3 Å². The first kappa shape index (κ1) is 23.4. The van der Waals surface area contributed by atoms with Crippen LogP contribution in [-0.2, 0) is 0 Å². The summed E-state index contributed by atoms with van der Waals surface area (Å²) < 4.78 is 0. The molecular weight excluding hydrogens is 193 g/mol. The molecule has 0 saturated heterocycles. The summed E-state index contributed by atoms with van der Waals surface area (Å²) in [6.45, 7) is 0. The van der Waals surface area contributed by atoms with Crippen LogP contribution in [0.1, 0.15) is 0 Å². The molecule has 0 unspecified atom stereocenters. The molecule has 0 aliphatic heterocycles. The van der Waals surface area contributed by atoms with Gasteiger partial charge in [-0.2, -0.15) is 0 Å². The van der Waals surface area contributed by atoms with Gasteiger partial charge >= 0.3 is 103 Å². The van der Waals surface area contributed by atoms with Crippen molar-refractivity contribution < 1.29 is 11.0 Å². The molecule has 11 heavy (non-hydrogen) atoms. The zero-order chi connectivity index (χ0) is 5.11. The van der Waals surface area contributed by atoms with Crippen molar-refractivity contribution in [2.24, 2.45) is 0 Å². The Bertz CT molecular complexity index is 149. The zero-order valence-electron chi connectivity index (χ0n) is 5.39. The van der Waals surface area contributed by atoms with Crippen molar-refractivity contribution >= 4 is 116 Å². The molecule has 1 aromatic rings. The molecule has 5 heteroatoms. The van der Waals surface area contributed by atoms with E-state index in [4.69, 9.17) is 0 Å². The summed E-state index contributed by atoms with van der Waals surface area (Å²) in [7, 11) is 2.08. The SMILES string of the molecule is Bc1ccccc1.O.O.[KH].[KH]. The normalized spacial score (nSPS) is 5.45. The molecule has 0 amide bonds. The van der Waals surface area contributed by atoms with Crippen LogP contribution in [0.25, 0.3) is 0 Å². The van der Waals surface area contributed by atoms with Crippen molar-refractivity contribution in [1.82, 2.24) is 0 Å². The van der Waals surface area contributed by atoms with Crippen LogP contribution in [0.2, 0.25) is 0 Å². The average molecular weight is 206 g/mol. The maximum atomic E-state index is 2.08. The number of rotatable bonds is 0. The van der Waals surface area contributed by atoms with Crippen LogP contribution >= 0.6 is 0 Å². The summed E-state index contributed by atoms with van der Waals surface area (Å²) in [6, 6.07) is 10.3. The van der Waals surface area contributed by atoms with Gasteiger partial charge in [-0.05, 0) is 0 Å². The van der Waals surface area contributed by atoms with E-state index < -0.39 is 0 Å². The van der Waals surface area contributed by atoms with Gasteiger partial charge < -0.3 is 11.0 Å². The number of benzene rings is 1. The fourth-order valence-electron chi connectivity index (χ4n) is 0.534. The van der Waals surface area contributed by atoms with Gasteiger partial charge in [0.25, 0.3) is 0 Å². The fourth-order valence-corrected chi connectivity index (χ4v) is 0.534. The average Bonchev–Trinajstić information content (AvgIpc) is 1.69. The molecule has 0 radical (unpaired) electrons. The van der Waals surface area contributed by atoms with Gasteiger partial charge in [-0.1, -0.05) is 35.8 Å². The minimum absolute atomic E-state index is 0. The second kappa shape index (κ2) is 15.0. The molecule has 1 aromatic carbocycles. The van der Waals surface area contributed by atoms with E-state index in [-0.39, 0.29) is 114 Å². The van der Waals surface area contributed by atoms with Crippen LogP contribution in [0.3, 0.4) is 0 Å². The van der Waals surface area contributed by atoms with Crippen molar-refractivity contribution in [3.63, 3.8) is 0 Å². The topological polar surface area (TPSA) is 63.0 Å². The van der Waals surface area contributed by atoms with Crippen molar-refractivity contribution in [2.75, 3.05) is 0 Å². The molecule has 0 aromatic heterocycles. The van der Waals surface area contributed by atoms with Gasteiger partial charge in [0.05, 0.1) is 0 Å². The van der Waals surface area contributed by atoms with Gasteiger partial charge in [-0.3, -0.25) is 0 Å². The Kier molecular flexibility index (Phi) is 31.8. The molecule has 0 heterocycles. The van der Waals surface area contributed by atoms with E-state index in [2.05, 4.69) is 20.0 Å². The first-order valence-corrected chi connectivity index (χ1v) is 2.41. The van der Waals surface area contributed by atoms with Crippen LogP contribution in [-0.4, -0.2) is 122 Å². The van der Waals surface area contributed by atoms with Crippen LogP contribution in [0.5, 0.6) is 0 Å². The molecule has 0 spiro atoms. The predicted octanol–water partition coefficient (Wildman–Crippen LogP) is -3.00. The van der Waals surface area contributed by atoms with Gasteiger partial charge in [0.1, 0.15) is 7.85 Å². The zero-order valence-corrected chi connectivity index (χ0v) is 5.39. The van der Waals surface area contributed by atoms with Crippen molar-refractivity contribution in [1.29, 1.82) is 0 Å². The van der Waals surface area contributed by atoms with E-state index in [9.17, 15) is 0 Å². The van der Waals surface area contributed by atoms with Gasteiger partial charge in [-0.15, -0.1) is 0 Å². The second-order valence-corrected chi connectivity index (χ2v) is 1.65. The quantitative estimate of drug-likeness (QED) is 0.406. The summed E-state index contributed by atoms with van der Waals surface area (Å²) in [5.74, 6) is 0. The molecule has 0 bridgehead atoms. The molecule has 0 aliphatic carbocycles. The van der Waals surface area contributed by atoms with Gasteiger partial charge in [0.2, 0.25) is 0 Å². The van der Waals surface area contributed by atoms with E-state index in [1.165, 1.54) is 5.46 Å². The van der Waals surface area contributed by atoms with Gasteiger partial charge in [0.15, 0.2) is 0 Å². The van der Waals surface area contributed by atoms with E-state index in [1.807, 2.05) is 18.2 Å². The van der Waals surface area contributed by atoms with Crippen molar-refractivity contribution in [3.05, 3.63) is 30.3 Å². The van der Waals surface area contributed by atoms with Gasteiger partial charge in [0, 0.05) is 0 Å². The fraction of sp³-hybridized carbons (Fsp3) is 0. The molecule has 0 fully saturated rings. The molecule has 54 valence electrons. The number of hydrogen-bond donors (Lipinski definition) is 0. The summed E-state index contributed by atoms with van der Waals surface area (Å²) in [6.07, 6.45) is 0. The predicted molar refractivity (Wildman–Crippen MR) is 56.1 cm³/mol. The van der Waals surface area contributed by atoms with E-state index in [0.717, 1.165) is 0 Å². The molecule has 1 rings (SSSR count). The molecule has 0 atom stereocenters. The van der Waals surface area contributed by atoms with Gasteiger partial charge in [-0.25, -0.2) is 0 Å². The Morgan fingerprint density at radius 1 is 0.818 bits per heavy atom. The Labute approximate surface area is 153 Å². The van der Waals surface area contributed by atoms with E-state index in [1.54, 1.807) is 0 Å². The standard InChI is InChI=1S/C6H7B.2K.2H2O.2H/c7-6-4-2-1-3-5-6;;;;;;/h1-5H,7H2;;;2*1H2;;. The monoisotopic (exact) mass is 206 g/mol. The van der Waals surface area contributed by atoms with E-state index >= 15 is 0 Å². The maximum absolute atomic E-state index is 2.08. The first-order chi connectivity index (χ1) is 3.39. The van der Waals surface area contributed by atoms with Crippen LogP contribution in [0.4, 0.5) is 0 Å². The summed E-state index contributed by atoms with van der Waals surface area (Å²) >= 11 is 0. The Morgan fingerprint density at radius 2 is 1.18 bits per heavy atom. The Morgan fingerprint density at radius 3 is 1.36 bits per heavy atom. The third-order valence-electron chi connectivity index (χ3n) is 0.940. The number of hydrogen-bond acceptors (Lipinski definition) is 0. The van der Waals surface area contributed by atoms with Crippen LogP contribution < -0.4 is 5.46 Å². The summed E-state index contributed by atoms with van der Waals surface area (Å²) in [5.41, 5.74) is 1.32. The third-order valence-corrected chi connectivity index (χ3v) is 0.940. The molecular formula is C6H13BK2O2. The first-order valence-electron chi connectivity index (χ1n) is 2.41. The Balaban J connectivity index is -0.0000000612. The molecule has 4 N–H and O–H groups in total. The van der Waals surface area contributed by atoms with Crippen LogP contribution in [0, 0.1) is 0 Å². The Hall–Kier alpha value is 2.48. The third kappa shape index (κ3) is 12.5. The molecule has 0 aliphatic rings. The molecule has 0 saturated carbocycles. The summed E-state index contributed by atoms with van der Waals surface area (Å²) in [4.78, 5) is 0. The van der Waals surface area contributed by atoms with Crippen molar-refractivity contribution in [2.45, 2.75) is 0 Å².